The fourth-order valence-electron chi connectivity index (χ4n) is 2.88. The summed E-state index contributed by atoms with van der Waals surface area (Å²) in [6.07, 6.45) is 7.39. The van der Waals surface area contributed by atoms with E-state index in [1.807, 2.05) is 53.2 Å². The van der Waals surface area contributed by atoms with Gasteiger partial charge in [0, 0.05) is 28.7 Å². The number of hydrogen-bond acceptors (Lipinski definition) is 4. The Kier molecular flexibility index (Phi) is 4.38. The molecule has 0 aliphatic rings. The van der Waals surface area contributed by atoms with Crippen molar-refractivity contribution in [3.63, 3.8) is 0 Å². The van der Waals surface area contributed by atoms with Gasteiger partial charge >= 0.3 is 0 Å². The molecule has 26 heavy (non-hydrogen) atoms. The molecule has 5 nitrogen and oxygen atoms in total. The number of aromatic amines is 1. The zero-order valence-corrected chi connectivity index (χ0v) is 15.0. The monoisotopic (exact) mass is 360 g/mol. The molecule has 4 aromatic rings. The Balaban J connectivity index is 1.92. The molecule has 2 aromatic heterocycles. The first-order valence-corrected chi connectivity index (χ1v) is 9.03. The van der Waals surface area contributed by atoms with Crippen molar-refractivity contribution in [2.45, 2.75) is 5.16 Å². The van der Waals surface area contributed by atoms with Crippen LogP contribution in [0.3, 0.4) is 0 Å². The molecule has 6 heteroatoms. The van der Waals surface area contributed by atoms with Gasteiger partial charge in [-0.2, -0.15) is 0 Å². The Morgan fingerprint density at radius 3 is 2.92 bits per heavy atom. The molecule has 0 radical (unpaired) electrons. The second-order valence-corrected chi connectivity index (χ2v) is 6.53. The molecule has 128 valence electrons. The number of hydrogen-bond donors (Lipinski definition) is 1. The van der Waals surface area contributed by atoms with Crippen LogP contribution in [0.1, 0.15) is 0 Å². The molecule has 0 fully saturated rings. The molecule has 0 amide bonds. The molecular weight excluding hydrogens is 344 g/mol. The number of rotatable bonds is 5. The van der Waals surface area contributed by atoms with E-state index in [0.29, 0.717) is 5.75 Å². The Morgan fingerprint density at radius 2 is 2.08 bits per heavy atom. The maximum absolute atomic E-state index is 5.43. The standard InChI is InChI=1S/C20H16N4OS/c1-3-11-26-20-23-22-19(17-13-21-18-10-5-4-9-16(17)18)24(20)14-7-6-8-15(12-14)25-2/h1,4-10,12-13,21H,11H2,2H3. The van der Waals surface area contributed by atoms with Gasteiger partial charge in [-0.3, -0.25) is 4.57 Å². The summed E-state index contributed by atoms with van der Waals surface area (Å²) in [4.78, 5) is 3.30. The van der Waals surface area contributed by atoms with Crippen LogP contribution in [-0.4, -0.2) is 32.6 Å². The topological polar surface area (TPSA) is 55.7 Å². The van der Waals surface area contributed by atoms with Gasteiger partial charge in [-0.1, -0.05) is 41.9 Å². The van der Waals surface area contributed by atoms with E-state index < -0.39 is 0 Å². The second kappa shape index (κ2) is 6.98. The average Bonchev–Trinajstić information content (AvgIpc) is 3.30. The number of benzene rings is 2. The van der Waals surface area contributed by atoms with Crippen LogP contribution in [0.2, 0.25) is 0 Å². The van der Waals surface area contributed by atoms with Crippen molar-refractivity contribution in [1.82, 2.24) is 19.7 Å². The van der Waals surface area contributed by atoms with E-state index in [9.17, 15) is 0 Å². The lowest BCUT2D eigenvalue weighted by molar-refractivity contribution is 0.414. The van der Waals surface area contributed by atoms with Gasteiger partial charge in [-0.25, -0.2) is 0 Å². The lowest BCUT2D eigenvalue weighted by Gasteiger charge is -2.10. The van der Waals surface area contributed by atoms with Gasteiger partial charge in [0.05, 0.1) is 18.6 Å². The minimum Gasteiger partial charge on any atom is -0.497 e. The van der Waals surface area contributed by atoms with Gasteiger partial charge in [-0.15, -0.1) is 16.6 Å². The number of thioether (sulfide) groups is 1. The highest BCUT2D eigenvalue weighted by atomic mass is 32.2. The third-order valence-corrected chi connectivity index (χ3v) is 4.89. The smallest absolute Gasteiger partial charge is 0.197 e. The van der Waals surface area contributed by atoms with Crippen LogP contribution in [0.4, 0.5) is 0 Å². The molecule has 0 aliphatic carbocycles. The summed E-state index contributed by atoms with van der Waals surface area (Å²) in [7, 11) is 1.65. The number of aromatic nitrogens is 4. The Labute approximate surface area is 155 Å². The molecule has 1 N–H and O–H groups in total. The van der Waals surface area contributed by atoms with Gasteiger partial charge < -0.3 is 9.72 Å². The number of ether oxygens (including phenoxy) is 1. The lowest BCUT2D eigenvalue weighted by atomic mass is 10.1. The summed E-state index contributed by atoms with van der Waals surface area (Å²) in [6.45, 7) is 0. The summed E-state index contributed by atoms with van der Waals surface area (Å²) in [5.41, 5.74) is 2.97. The highest BCUT2D eigenvalue weighted by Gasteiger charge is 2.19. The number of fused-ring (bicyclic) bond motifs is 1. The molecule has 2 heterocycles. The van der Waals surface area contributed by atoms with Gasteiger partial charge in [0.25, 0.3) is 0 Å². The summed E-state index contributed by atoms with van der Waals surface area (Å²) in [6, 6.07) is 15.9. The SMILES string of the molecule is C#CCSc1nnc(-c2c[nH]c3ccccc23)n1-c1cccc(OC)c1. The van der Waals surface area contributed by atoms with E-state index in [4.69, 9.17) is 11.2 Å². The van der Waals surface area contributed by atoms with Crippen molar-refractivity contribution in [3.8, 4) is 35.2 Å². The first kappa shape index (κ1) is 16.3. The quantitative estimate of drug-likeness (QED) is 0.429. The van der Waals surface area contributed by atoms with Crippen LogP contribution in [0.15, 0.2) is 59.9 Å². The Morgan fingerprint density at radius 1 is 1.19 bits per heavy atom. The number of nitrogens with zero attached hydrogens (tertiary/aromatic N) is 3. The normalized spacial score (nSPS) is 10.8. The lowest BCUT2D eigenvalue weighted by Crippen LogP contribution is -2.00. The second-order valence-electron chi connectivity index (χ2n) is 5.58. The van der Waals surface area contributed by atoms with Crippen molar-refractivity contribution in [1.29, 1.82) is 0 Å². The van der Waals surface area contributed by atoms with Gasteiger partial charge in [0.2, 0.25) is 0 Å². The zero-order valence-electron chi connectivity index (χ0n) is 14.1. The number of nitrogens with one attached hydrogen (secondary N) is 1. The van der Waals surface area contributed by atoms with E-state index in [1.54, 1.807) is 7.11 Å². The number of H-pyrrole nitrogens is 1. The van der Waals surface area contributed by atoms with E-state index in [2.05, 4.69) is 27.2 Å². The maximum Gasteiger partial charge on any atom is 0.197 e. The van der Waals surface area contributed by atoms with E-state index in [-0.39, 0.29) is 0 Å². The largest absolute Gasteiger partial charge is 0.497 e. The van der Waals surface area contributed by atoms with E-state index in [0.717, 1.165) is 38.9 Å². The Hall–Kier alpha value is -3.17. The fraction of sp³-hybridized carbons (Fsp3) is 0.100. The Bertz CT molecular complexity index is 1110. The zero-order chi connectivity index (χ0) is 17.9. The van der Waals surface area contributed by atoms with Crippen LogP contribution < -0.4 is 4.74 Å². The molecule has 0 bridgehead atoms. The molecule has 0 unspecified atom stereocenters. The van der Waals surface area contributed by atoms with Crippen molar-refractivity contribution in [2.75, 3.05) is 12.9 Å². The number of methoxy groups -OCH3 is 1. The minimum atomic E-state index is 0.524. The van der Waals surface area contributed by atoms with Crippen molar-refractivity contribution < 1.29 is 4.74 Å². The van der Waals surface area contributed by atoms with Crippen molar-refractivity contribution in [3.05, 3.63) is 54.7 Å². The molecule has 0 aliphatic heterocycles. The van der Waals surface area contributed by atoms with Crippen LogP contribution in [0.25, 0.3) is 28.0 Å². The first-order chi connectivity index (χ1) is 12.8. The fourth-order valence-corrected chi connectivity index (χ4v) is 3.51. The summed E-state index contributed by atoms with van der Waals surface area (Å²) in [5.74, 6) is 4.70. The molecule has 4 rings (SSSR count). The molecule has 0 spiro atoms. The van der Waals surface area contributed by atoms with Gasteiger partial charge in [-0.05, 0) is 18.2 Å². The minimum absolute atomic E-state index is 0.524. The molecule has 0 atom stereocenters. The molecule has 0 saturated heterocycles. The summed E-state index contributed by atoms with van der Waals surface area (Å²) < 4.78 is 7.39. The highest BCUT2D eigenvalue weighted by Crippen LogP contribution is 2.33. The highest BCUT2D eigenvalue weighted by molar-refractivity contribution is 7.99. The van der Waals surface area contributed by atoms with Crippen LogP contribution in [0.5, 0.6) is 5.75 Å². The third kappa shape index (κ3) is 2.83. The maximum atomic E-state index is 5.43. The van der Waals surface area contributed by atoms with Gasteiger partial charge in [0.1, 0.15) is 5.75 Å². The van der Waals surface area contributed by atoms with Crippen LogP contribution in [0, 0.1) is 12.3 Å². The summed E-state index contributed by atoms with van der Waals surface area (Å²) >= 11 is 1.48. The van der Waals surface area contributed by atoms with Crippen molar-refractivity contribution >= 4 is 22.7 Å². The molecule has 2 aromatic carbocycles. The van der Waals surface area contributed by atoms with Crippen LogP contribution >= 0.6 is 11.8 Å². The van der Waals surface area contributed by atoms with E-state index >= 15 is 0 Å². The average molecular weight is 360 g/mol. The predicted molar refractivity (Wildman–Crippen MR) is 105 cm³/mol. The molecule has 0 saturated carbocycles. The summed E-state index contributed by atoms with van der Waals surface area (Å²) in [5, 5.41) is 10.7. The first-order valence-electron chi connectivity index (χ1n) is 8.04. The number of terminal acetylenes is 1. The van der Waals surface area contributed by atoms with Crippen molar-refractivity contribution in [2.24, 2.45) is 0 Å². The molecular formula is C20H16N4OS. The van der Waals surface area contributed by atoms with Crippen LogP contribution in [-0.2, 0) is 0 Å². The van der Waals surface area contributed by atoms with E-state index in [1.165, 1.54) is 11.8 Å². The van der Waals surface area contributed by atoms with Gasteiger partial charge in [0.15, 0.2) is 11.0 Å². The number of para-hydroxylation sites is 1. The predicted octanol–water partition coefficient (Wildman–Crippen LogP) is 4.15. The third-order valence-electron chi connectivity index (χ3n) is 4.06.